The number of amidine groups is 1. The van der Waals surface area contributed by atoms with Gasteiger partial charge in [-0.3, -0.25) is 4.79 Å². The summed E-state index contributed by atoms with van der Waals surface area (Å²) in [7, 11) is 1.38. The highest BCUT2D eigenvalue weighted by Crippen LogP contribution is 2.31. The lowest BCUT2D eigenvalue weighted by atomic mass is 9.80. The molecule has 0 atom stereocenters. The van der Waals surface area contributed by atoms with Gasteiger partial charge >= 0.3 is 0 Å². The van der Waals surface area contributed by atoms with Crippen molar-refractivity contribution in [3.8, 4) is 5.75 Å². The van der Waals surface area contributed by atoms with Crippen LogP contribution in [0.3, 0.4) is 0 Å². The van der Waals surface area contributed by atoms with Crippen LogP contribution in [0.15, 0.2) is 23.4 Å². The number of halogens is 1. The molecule has 0 saturated carbocycles. The number of nitrogens with two attached hydrogens (primary N) is 1. The van der Waals surface area contributed by atoms with Gasteiger partial charge in [0.15, 0.2) is 5.84 Å². The number of amides is 1. The van der Waals surface area contributed by atoms with E-state index in [2.05, 4.69) is 10.5 Å². The van der Waals surface area contributed by atoms with E-state index in [1.807, 2.05) is 0 Å². The zero-order valence-electron chi connectivity index (χ0n) is 12.3. The van der Waals surface area contributed by atoms with Crippen molar-refractivity contribution in [2.24, 2.45) is 16.3 Å². The van der Waals surface area contributed by atoms with E-state index in [1.54, 1.807) is 13.8 Å². The van der Waals surface area contributed by atoms with Crippen molar-refractivity contribution in [1.82, 2.24) is 0 Å². The highest BCUT2D eigenvalue weighted by atomic mass is 19.1. The summed E-state index contributed by atoms with van der Waals surface area (Å²) in [5, 5.41) is 14.5. The number of oxime groups is 1. The zero-order chi connectivity index (χ0) is 16.0. The molecule has 7 heteroatoms. The quantitative estimate of drug-likeness (QED) is 0.325. The fourth-order valence-electron chi connectivity index (χ4n) is 2.16. The van der Waals surface area contributed by atoms with E-state index < -0.39 is 17.1 Å². The minimum absolute atomic E-state index is 0.161. The summed E-state index contributed by atoms with van der Waals surface area (Å²) < 4.78 is 18.2. The molecular formula is C14H20FN3O3. The first-order valence-electron chi connectivity index (χ1n) is 6.58. The second kappa shape index (κ2) is 6.92. The first-order valence-corrected chi connectivity index (χ1v) is 6.58. The highest BCUT2D eigenvalue weighted by molar-refractivity contribution is 6.12. The van der Waals surface area contributed by atoms with Crippen LogP contribution in [0.1, 0.15) is 26.7 Å². The van der Waals surface area contributed by atoms with Crippen LogP contribution in [-0.4, -0.2) is 24.1 Å². The summed E-state index contributed by atoms with van der Waals surface area (Å²) in [4.78, 5) is 12.5. The number of nitrogens with one attached hydrogen (secondary N) is 1. The van der Waals surface area contributed by atoms with Gasteiger partial charge in [0.05, 0.1) is 12.8 Å². The molecule has 0 unspecified atom stereocenters. The molecule has 0 saturated heterocycles. The van der Waals surface area contributed by atoms with Crippen LogP contribution in [0.5, 0.6) is 5.75 Å². The van der Waals surface area contributed by atoms with E-state index in [9.17, 15) is 9.18 Å². The molecule has 116 valence electrons. The third-order valence-electron chi connectivity index (χ3n) is 3.65. The van der Waals surface area contributed by atoms with Crippen molar-refractivity contribution in [3.63, 3.8) is 0 Å². The van der Waals surface area contributed by atoms with Gasteiger partial charge < -0.3 is 21.0 Å². The van der Waals surface area contributed by atoms with Crippen LogP contribution in [0, 0.1) is 11.2 Å². The minimum Gasteiger partial charge on any atom is -0.494 e. The van der Waals surface area contributed by atoms with Crippen molar-refractivity contribution in [3.05, 3.63) is 24.0 Å². The van der Waals surface area contributed by atoms with Gasteiger partial charge in [-0.15, -0.1) is 0 Å². The molecule has 0 aliphatic carbocycles. The van der Waals surface area contributed by atoms with Crippen LogP contribution < -0.4 is 15.8 Å². The smallest absolute Gasteiger partial charge is 0.238 e. The summed E-state index contributed by atoms with van der Waals surface area (Å²) in [5.41, 5.74) is 4.86. The van der Waals surface area contributed by atoms with Gasteiger partial charge in [-0.05, 0) is 25.0 Å². The SMILES string of the molecule is CCC(CC)(C(=O)Nc1ccc(F)cc1OC)C(N)=NO. The monoisotopic (exact) mass is 297 g/mol. The Morgan fingerprint density at radius 3 is 2.57 bits per heavy atom. The summed E-state index contributed by atoms with van der Waals surface area (Å²) in [5.74, 6) is -0.874. The molecule has 4 N–H and O–H groups in total. The molecule has 1 amide bonds. The third kappa shape index (κ3) is 3.24. The Labute approximate surface area is 122 Å². The van der Waals surface area contributed by atoms with E-state index in [1.165, 1.54) is 25.3 Å². The van der Waals surface area contributed by atoms with Crippen LogP contribution in [-0.2, 0) is 4.79 Å². The molecule has 0 radical (unpaired) electrons. The Hall–Kier alpha value is -2.31. The number of benzene rings is 1. The van der Waals surface area contributed by atoms with Crippen LogP contribution in [0.4, 0.5) is 10.1 Å². The van der Waals surface area contributed by atoms with Gasteiger partial charge in [-0.2, -0.15) is 0 Å². The Bertz CT molecular complexity index is 542. The molecule has 1 rings (SSSR count). The molecular weight excluding hydrogens is 277 g/mol. The fourth-order valence-corrected chi connectivity index (χ4v) is 2.16. The Balaban J connectivity index is 3.14. The standard InChI is InChI=1S/C14H20FN3O3/c1-4-14(5-2,12(16)18-20)13(19)17-10-7-6-9(15)8-11(10)21-3/h6-8,20H,4-5H2,1-3H3,(H2,16,18)(H,17,19). The van der Waals surface area contributed by atoms with Crippen molar-refractivity contribution < 1.29 is 19.1 Å². The minimum atomic E-state index is -1.13. The number of carbonyl (C=O) groups excluding carboxylic acids is 1. The predicted octanol–water partition coefficient (Wildman–Crippen LogP) is 2.33. The Morgan fingerprint density at radius 2 is 2.10 bits per heavy atom. The zero-order valence-corrected chi connectivity index (χ0v) is 12.3. The molecule has 1 aromatic carbocycles. The van der Waals surface area contributed by atoms with Gasteiger partial charge in [0.1, 0.15) is 17.0 Å². The van der Waals surface area contributed by atoms with Crippen molar-refractivity contribution in [2.45, 2.75) is 26.7 Å². The maximum absolute atomic E-state index is 13.2. The molecule has 0 bridgehead atoms. The molecule has 0 aliphatic rings. The van der Waals surface area contributed by atoms with Gasteiger partial charge in [0.25, 0.3) is 0 Å². The lowest BCUT2D eigenvalue weighted by Gasteiger charge is -2.28. The molecule has 0 aliphatic heterocycles. The van der Waals surface area contributed by atoms with Crippen molar-refractivity contribution >= 4 is 17.4 Å². The normalized spacial score (nSPS) is 12.1. The number of hydrogen-bond acceptors (Lipinski definition) is 4. The number of carbonyl (C=O) groups is 1. The predicted molar refractivity (Wildman–Crippen MR) is 78.0 cm³/mol. The first kappa shape index (κ1) is 16.7. The largest absolute Gasteiger partial charge is 0.494 e. The van der Waals surface area contributed by atoms with Gasteiger partial charge in [0, 0.05) is 6.07 Å². The molecule has 0 spiro atoms. The topological polar surface area (TPSA) is 96.9 Å². The molecule has 6 nitrogen and oxygen atoms in total. The van der Waals surface area contributed by atoms with E-state index >= 15 is 0 Å². The lowest BCUT2D eigenvalue weighted by Crippen LogP contribution is -2.46. The van der Waals surface area contributed by atoms with E-state index in [0.717, 1.165) is 0 Å². The molecule has 21 heavy (non-hydrogen) atoms. The van der Waals surface area contributed by atoms with Crippen molar-refractivity contribution in [2.75, 3.05) is 12.4 Å². The number of ether oxygens (including phenoxy) is 1. The summed E-state index contributed by atoms with van der Waals surface area (Å²) in [6.07, 6.45) is 0.712. The molecule has 0 fully saturated rings. The van der Waals surface area contributed by atoms with Crippen molar-refractivity contribution in [1.29, 1.82) is 0 Å². The number of rotatable bonds is 6. The molecule has 1 aromatic rings. The average molecular weight is 297 g/mol. The number of hydrogen-bond donors (Lipinski definition) is 3. The second-order valence-corrected chi connectivity index (χ2v) is 4.57. The Kier molecular flexibility index (Phi) is 5.52. The van der Waals surface area contributed by atoms with Gasteiger partial charge in [-0.25, -0.2) is 4.39 Å². The molecule has 0 heterocycles. The summed E-state index contributed by atoms with van der Waals surface area (Å²) in [6.45, 7) is 3.53. The summed E-state index contributed by atoms with van der Waals surface area (Å²) >= 11 is 0. The Morgan fingerprint density at radius 1 is 1.48 bits per heavy atom. The maximum atomic E-state index is 13.2. The van der Waals surface area contributed by atoms with Crippen LogP contribution in [0.2, 0.25) is 0 Å². The number of anilines is 1. The number of methoxy groups -OCH3 is 1. The van der Waals surface area contributed by atoms with Crippen LogP contribution >= 0.6 is 0 Å². The van der Waals surface area contributed by atoms with Crippen LogP contribution in [0.25, 0.3) is 0 Å². The van der Waals surface area contributed by atoms with E-state index in [4.69, 9.17) is 15.7 Å². The summed E-state index contributed by atoms with van der Waals surface area (Å²) in [6, 6.07) is 3.77. The van der Waals surface area contributed by atoms with Gasteiger partial charge in [-0.1, -0.05) is 19.0 Å². The third-order valence-corrected chi connectivity index (χ3v) is 3.65. The maximum Gasteiger partial charge on any atom is 0.238 e. The number of nitrogens with zero attached hydrogens (tertiary/aromatic N) is 1. The van der Waals surface area contributed by atoms with E-state index in [0.29, 0.717) is 18.5 Å². The average Bonchev–Trinajstić information content (AvgIpc) is 2.50. The highest BCUT2D eigenvalue weighted by Gasteiger charge is 2.40. The van der Waals surface area contributed by atoms with Gasteiger partial charge in [0.2, 0.25) is 5.91 Å². The lowest BCUT2D eigenvalue weighted by molar-refractivity contribution is -0.122. The first-order chi connectivity index (χ1) is 9.94. The fraction of sp³-hybridized carbons (Fsp3) is 0.429. The molecule has 0 aromatic heterocycles. The van der Waals surface area contributed by atoms with E-state index in [-0.39, 0.29) is 11.6 Å². The second-order valence-electron chi connectivity index (χ2n) is 4.57.